The highest BCUT2D eigenvalue weighted by Gasteiger charge is 2.19. The Kier molecular flexibility index (Phi) is 6.61. The second-order valence-electron chi connectivity index (χ2n) is 6.25. The smallest absolute Gasteiger partial charge is 0.338 e. The Balaban J connectivity index is 1.70. The lowest BCUT2D eigenvalue weighted by molar-refractivity contribution is 0.0429. The summed E-state index contributed by atoms with van der Waals surface area (Å²) in [6.07, 6.45) is -0.106. The first-order chi connectivity index (χ1) is 13.9. The fourth-order valence-corrected chi connectivity index (χ4v) is 2.90. The molecule has 0 radical (unpaired) electrons. The highest BCUT2D eigenvalue weighted by atomic mass is 35.5. The minimum absolute atomic E-state index is 0.106. The van der Waals surface area contributed by atoms with Gasteiger partial charge in [-0.3, -0.25) is 0 Å². The van der Waals surface area contributed by atoms with Crippen molar-refractivity contribution in [1.29, 1.82) is 0 Å². The van der Waals surface area contributed by atoms with Crippen molar-refractivity contribution in [3.05, 3.63) is 57.9 Å². The van der Waals surface area contributed by atoms with Crippen LogP contribution in [0.5, 0.6) is 11.5 Å². The third-order valence-corrected chi connectivity index (χ3v) is 4.21. The fourth-order valence-electron chi connectivity index (χ4n) is 2.46. The maximum Gasteiger partial charge on any atom is 0.338 e. The molecule has 0 amide bonds. The third-order valence-electron chi connectivity index (χ3n) is 3.70. The van der Waals surface area contributed by atoms with Gasteiger partial charge in [0.05, 0.1) is 23.8 Å². The molecule has 0 bridgehead atoms. The molecule has 0 unspecified atom stereocenters. The van der Waals surface area contributed by atoms with E-state index < -0.39 is 5.97 Å². The van der Waals surface area contributed by atoms with E-state index in [-0.39, 0.29) is 29.2 Å². The summed E-state index contributed by atoms with van der Waals surface area (Å²) in [6, 6.07) is 9.97. The first kappa shape index (κ1) is 21.0. The molecule has 0 aliphatic carbocycles. The molecule has 7 nitrogen and oxygen atoms in total. The zero-order valence-electron chi connectivity index (χ0n) is 15.9. The van der Waals surface area contributed by atoms with Crippen LogP contribution in [0.1, 0.15) is 30.1 Å². The van der Waals surface area contributed by atoms with Crippen molar-refractivity contribution >= 4 is 29.2 Å². The van der Waals surface area contributed by atoms with Crippen LogP contribution in [0.2, 0.25) is 10.0 Å². The van der Waals surface area contributed by atoms with E-state index >= 15 is 0 Å². The summed E-state index contributed by atoms with van der Waals surface area (Å²) in [6.45, 7) is 3.52. The number of nitrogens with zero attached hydrogens (tertiary/aromatic N) is 2. The molecule has 0 spiro atoms. The highest BCUT2D eigenvalue weighted by Crippen LogP contribution is 2.37. The van der Waals surface area contributed by atoms with Crippen LogP contribution >= 0.6 is 23.2 Å². The zero-order chi connectivity index (χ0) is 21.0. The topological polar surface area (TPSA) is 83.7 Å². The summed E-state index contributed by atoms with van der Waals surface area (Å²) in [5, 5.41) is 4.66. The molecular weight excluding hydrogens is 419 g/mol. The lowest BCUT2D eigenvalue weighted by Gasteiger charge is -2.16. The maximum absolute atomic E-state index is 12.4. The van der Waals surface area contributed by atoms with Crippen molar-refractivity contribution in [2.45, 2.75) is 26.6 Å². The number of hydrogen-bond donors (Lipinski definition) is 0. The first-order valence-electron chi connectivity index (χ1n) is 8.67. The van der Waals surface area contributed by atoms with Gasteiger partial charge in [-0.25, -0.2) is 4.79 Å². The van der Waals surface area contributed by atoms with Crippen molar-refractivity contribution in [3.8, 4) is 22.9 Å². The number of halogens is 2. The minimum Gasteiger partial charge on any atom is -0.493 e. The molecule has 0 fully saturated rings. The number of carbonyl (C=O) groups excluding carboxylic acids is 1. The number of ether oxygens (including phenoxy) is 3. The number of methoxy groups -OCH3 is 1. The van der Waals surface area contributed by atoms with Crippen LogP contribution in [0, 0.1) is 0 Å². The molecule has 3 aromatic rings. The van der Waals surface area contributed by atoms with Gasteiger partial charge in [0.1, 0.15) is 0 Å². The summed E-state index contributed by atoms with van der Waals surface area (Å²) >= 11 is 12.2. The Labute approximate surface area is 177 Å². The summed E-state index contributed by atoms with van der Waals surface area (Å²) in [5.41, 5.74) is 0.897. The fraction of sp³-hybridized carbons (Fsp3) is 0.250. The Morgan fingerprint density at radius 3 is 2.69 bits per heavy atom. The minimum atomic E-state index is -0.621. The number of benzene rings is 2. The van der Waals surface area contributed by atoms with Crippen molar-refractivity contribution in [2.75, 3.05) is 7.11 Å². The summed E-state index contributed by atoms with van der Waals surface area (Å²) < 4.78 is 21.3. The predicted molar refractivity (Wildman–Crippen MR) is 108 cm³/mol. The second-order valence-corrected chi connectivity index (χ2v) is 7.10. The van der Waals surface area contributed by atoms with Gasteiger partial charge >= 0.3 is 5.97 Å². The van der Waals surface area contributed by atoms with E-state index in [0.29, 0.717) is 27.9 Å². The molecule has 0 aliphatic rings. The SMILES string of the molecule is COc1cc(C(=O)OCc2nc(-c3cccc(Cl)c3)no2)cc(Cl)c1OC(C)C. The molecule has 0 aliphatic heterocycles. The third kappa shape index (κ3) is 5.19. The number of rotatable bonds is 7. The molecule has 1 heterocycles. The zero-order valence-corrected chi connectivity index (χ0v) is 17.5. The standard InChI is InChI=1S/C20H18Cl2N2O5/c1-11(2)28-18-15(22)8-13(9-16(18)26-3)20(25)27-10-17-23-19(24-29-17)12-5-4-6-14(21)7-12/h4-9,11H,10H2,1-3H3. The number of aromatic nitrogens is 2. The van der Waals surface area contributed by atoms with Crippen molar-refractivity contribution in [2.24, 2.45) is 0 Å². The molecule has 2 aromatic carbocycles. The first-order valence-corrected chi connectivity index (χ1v) is 9.42. The second kappa shape index (κ2) is 9.15. The quantitative estimate of drug-likeness (QED) is 0.470. The van der Waals surface area contributed by atoms with E-state index in [1.807, 2.05) is 13.8 Å². The van der Waals surface area contributed by atoms with Gasteiger partial charge in [0.2, 0.25) is 5.82 Å². The summed E-state index contributed by atoms with van der Waals surface area (Å²) in [4.78, 5) is 16.6. The van der Waals surface area contributed by atoms with Crippen LogP contribution in [0.15, 0.2) is 40.9 Å². The van der Waals surface area contributed by atoms with E-state index in [0.717, 1.165) is 0 Å². The molecular formula is C20H18Cl2N2O5. The van der Waals surface area contributed by atoms with Gasteiger partial charge in [-0.1, -0.05) is 40.5 Å². The molecule has 0 atom stereocenters. The van der Waals surface area contributed by atoms with Crippen molar-refractivity contribution in [1.82, 2.24) is 10.1 Å². The van der Waals surface area contributed by atoms with Gasteiger partial charge in [0.15, 0.2) is 18.1 Å². The van der Waals surface area contributed by atoms with Crippen LogP contribution < -0.4 is 9.47 Å². The van der Waals surface area contributed by atoms with Crippen LogP contribution in [-0.2, 0) is 11.3 Å². The number of esters is 1. The van der Waals surface area contributed by atoms with Gasteiger partial charge in [-0.2, -0.15) is 4.98 Å². The van der Waals surface area contributed by atoms with Gasteiger partial charge in [-0.15, -0.1) is 0 Å². The van der Waals surface area contributed by atoms with Crippen LogP contribution in [0.4, 0.5) is 0 Å². The van der Waals surface area contributed by atoms with E-state index in [1.54, 1.807) is 24.3 Å². The molecule has 152 valence electrons. The van der Waals surface area contributed by atoms with Gasteiger partial charge < -0.3 is 18.7 Å². The van der Waals surface area contributed by atoms with Gasteiger partial charge in [0.25, 0.3) is 5.89 Å². The van der Waals surface area contributed by atoms with Crippen LogP contribution in [0.3, 0.4) is 0 Å². The number of carbonyl (C=O) groups is 1. The average Bonchev–Trinajstić information content (AvgIpc) is 3.16. The van der Waals surface area contributed by atoms with Crippen molar-refractivity contribution < 1.29 is 23.5 Å². The normalized spacial score (nSPS) is 10.8. The van der Waals surface area contributed by atoms with Crippen LogP contribution in [-0.4, -0.2) is 29.3 Å². The van der Waals surface area contributed by atoms with Gasteiger partial charge in [0, 0.05) is 10.6 Å². The predicted octanol–water partition coefficient (Wildman–Crippen LogP) is 5.20. The maximum atomic E-state index is 12.4. The summed E-state index contributed by atoms with van der Waals surface area (Å²) in [7, 11) is 1.46. The molecule has 3 rings (SSSR count). The van der Waals surface area contributed by atoms with E-state index in [2.05, 4.69) is 10.1 Å². The van der Waals surface area contributed by atoms with E-state index in [1.165, 1.54) is 19.2 Å². The molecule has 0 saturated carbocycles. The Morgan fingerprint density at radius 2 is 2.00 bits per heavy atom. The summed E-state index contributed by atoms with van der Waals surface area (Å²) in [5.74, 6) is 0.566. The molecule has 29 heavy (non-hydrogen) atoms. The average molecular weight is 437 g/mol. The highest BCUT2D eigenvalue weighted by molar-refractivity contribution is 6.32. The van der Waals surface area contributed by atoms with Crippen LogP contribution in [0.25, 0.3) is 11.4 Å². The monoisotopic (exact) mass is 436 g/mol. The van der Waals surface area contributed by atoms with Crippen molar-refractivity contribution in [3.63, 3.8) is 0 Å². The molecule has 0 N–H and O–H groups in total. The number of hydrogen-bond acceptors (Lipinski definition) is 7. The lowest BCUT2D eigenvalue weighted by atomic mass is 10.2. The Morgan fingerprint density at radius 1 is 1.21 bits per heavy atom. The van der Waals surface area contributed by atoms with Gasteiger partial charge in [-0.05, 0) is 38.1 Å². The Hall–Kier alpha value is -2.77. The molecule has 0 saturated heterocycles. The van der Waals surface area contributed by atoms with E-state index in [4.69, 9.17) is 41.9 Å². The molecule has 9 heteroatoms. The molecule has 1 aromatic heterocycles. The van der Waals surface area contributed by atoms with E-state index in [9.17, 15) is 4.79 Å². The Bertz CT molecular complexity index is 1020. The lowest BCUT2D eigenvalue weighted by Crippen LogP contribution is -2.09. The largest absolute Gasteiger partial charge is 0.493 e.